The molecule has 0 atom stereocenters. The molecule has 2 heterocycles. The summed E-state index contributed by atoms with van der Waals surface area (Å²) in [7, 11) is 0. The number of urea groups is 1. The van der Waals surface area contributed by atoms with Crippen LogP contribution in [0.15, 0.2) is 29.0 Å². The van der Waals surface area contributed by atoms with E-state index in [4.69, 9.17) is 0 Å². The number of rotatable bonds is 5. The van der Waals surface area contributed by atoms with Crippen LogP contribution in [0.3, 0.4) is 0 Å². The number of amides is 2. The van der Waals surface area contributed by atoms with E-state index in [1.807, 2.05) is 29.0 Å². The molecule has 2 aromatic rings. The molecule has 6 heteroatoms. The van der Waals surface area contributed by atoms with E-state index in [1.54, 1.807) is 0 Å². The maximum absolute atomic E-state index is 12.3. The number of carbonyl (C=O) groups excluding carboxylic acids is 2. The molecule has 0 aromatic carbocycles. The third kappa shape index (κ3) is 4.68. The molecule has 4 nitrogen and oxygen atoms in total. The third-order valence-corrected chi connectivity index (χ3v) is 6.05. The normalized spacial score (nSPS) is 15.7. The van der Waals surface area contributed by atoms with Gasteiger partial charge in [-0.25, -0.2) is 4.79 Å². The summed E-state index contributed by atoms with van der Waals surface area (Å²) in [5, 5.41) is 9.74. The van der Waals surface area contributed by atoms with E-state index in [0.717, 1.165) is 28.2 Å². The number of hydrogen-bond acceptors (Lipinski definition) is 4. The SMILES string of the molecule is O=C(NCc1ccc(C(=O)c2ccsc2)s1)NC1CCCCCC1. The summed E-state index contributed by atoms with van der Waals surface area (Å²) in [6, 6.07) is 5.78. The molecule has 24 heavy (non-hydrogen) atoms. The summed E-state index contributed by atoms with van der Waals surface area (Å²) in [5.41, 5.74) is 0.729. The van der Waals surface area contributed by atoms with Gasteiger partial charge in [-0.05, 0) is 36.4 Å². The van der Waals surface area contributed by atoms with E-state index in [9.17, 15) is 9.59 Å². The first-order chi connectivity index (χ1) is 11.7. The van der Waals surface area contributed by atoms with Crippen molar-refractivity contribution in [2.24, 2.45) is 0 Å². The molecule has 1 aliphatic rings. The molecular formula is C18H22N2O2S2. The van der Waals surface area contributed by atoms with Crippen molar-refractivity contribution in [2.45, 2.75) is 51.1 Å². The van der Waals surface area contributed by atoms with Crippen molar-refractivity contribution in [3.05, 3.63) is 44.3 Å². The van der Waals surface area contributed by atoms with Gasteiger partial charge in [0.1, 0.15) is 0 Å². The second-order valence-electron chi connectivity index (χ2n) is 6.12. The lowest BCUT2D eigenvalue weighted by molar-refractivity contribution is 0.104. The zero-order valence-electron chi connectivity index (χ0n) is 13.5. The highest BCUT2D eigenvalue weighted by Crippen LogP contribution is 2.21. The molecule has 3 rings (SSSR count). The minimum Gasteiger partial charge on any atom is -0.335 e. The molecule has 128 valence electrons. The highest BCUT2D eigenvalue weighted by atomic mass is 32.1. The van der Waals surface area contributed by atoms with Gasteiger partial charge < -0.3 is 10.6 Å². The maximum atomic E-state index is 12.3. The molecule has 1 saturated carbocycles. The summed E-state index contributed by atoms with van der Waals surface area (Å²) in [6.07, 6.45) is 7.09. The van der Waals surface area contributed by atoms with Crippen molar-refractivity contribution in [1.82, 2.24) is 10.6 Å². The summed E-state index contributed by atoms with van der Waals surface area (Å²) < 4.78 is 0. The van der Waals surface area contributed by atoms with Crippen LogP contribution in [0.1, 0.15) is 58.6 Å². The molecule has 2 N–H and O–H groups in total. The first kappa shape index (κ1) is 17.2. The van der Waals surface area contributed by atoms with Gasteiger partial charge in [-0.1, -0.05) is 25.7 Å². The fourth-order valence-electron chi connectivity index (χ4n) is 2.96. The molecule has 0 radical (unpaired) electrons. The van der Waals surface area contributed by atoms with E-state index < -0.39 is 0 Å². The molecule has 0 aliphatic heterocycles. The Morgan fingerprint density at radius 3 is 2.58 bits per heavy atom. The topological polar surface area (TPSA) is 58.2 Å². The molecule has 1 aliphatic carbocycles. The standard InChI is InChI=1S/C18H22N2O2S2/c21-17(13-9-10-23-12-13)16-8-7-15(24-16)11-19-18(22)20-14-5-3-1-2-4-6-14/h7-10,12,14H,1-6,11H2,(H2,19,20,22). The zero-order valence-corrected chi connectivity index (χ0v) is 15.2. The van der Waals surface area contributed by atoms with Gasteiger partial charge in [0.25, 0.3) is 0 Å². The van der Waals surface area contributed by atoms with Gasteiger partial charge >= 0.3 is 6.03 Å². The van der Waals surface area contributed by atoms with Gasteiger partial charge in [0.2, 0.25) is 5.78 Å². The summed E-state index contributed by atoms with van der Waals surface area (Å²) in [4.78, 5) is 26.0. The Labute approximate surface area is 150 Å². The highest BCUT2D eigenvalue weighted by Gasteiger charge is 2.15. The van der Waals surface area contributed by atoms with Crippen LogP contribution >= 0.6 is 22.7 Å². The van der Waals surface area contributed by atoms with Crippen LogP contribution in [-0.4, -0.2) is 17.9 Å². The lowest BCUT2D eigenvalue weighted by Crippen LogP contribution is -2.41. The highest BCUT2D eigenvalue weighted by molar-refractivity contribution is 7.14. The second kappa shape index (κ2) is 8.44. The first-order valence-corrected chi connectivity index (χ1v) is 10.2. The lowest BCUT2D eigenvalue weighted by atomic mass is 10.1. The number of ketones is 1. The molecule has 0 spiro atoms. The molecule has 0 bridgehead atoms. The average Bonchev–Trinajstić information content (AvgIpc) is 3.22. The van der Waals surface area contributed by atoms with E-state index in [1.165, 1.54) is 48.4 Å². The molecule has 1 fully saturated rings. The van der Waals surface area contributed by atoms with Crippen LogP contribution in [0.2, 0.25) is 0 Å². The van der Waals surface area contributed by atoms with Crippen LogP contribution in [0.5, 0.6) is 0 Å². The van der Waals surface area contributed by atoms with Gasteiger partial charge in [0, 0.05) is 21.9 Å². The number of hydrogen-bond donors (Lipinski definition) is 2. The van der Waals surface area contributed by atoms with Crippen LogP contribution in [-0.2, 0) is 6.54 Å². The predicted molar refractivity (Wildman–Crippen MR) is 98.9 cm³/mol. The van der Waals surface area contributed by atoms with Gasteiger partial charge in [-0.15, -0.1) is 11.3 Å². The lowest BCUT2D eigenvalue weighted by Gasteiger charge is -2.16. The monoisotopic (exact) mass is 362 g/mol. The Balaban J connectivity index is 1.48. The molecule has 0 unspecified atom stereocenters. The van der Waals surface area contributed by atoms with E-state index in [0.29, 0.717) is 12.6 Å². The van der Waals surface area contributed by atoms with E-state index in [-0.39, 0.29) is 11.8 Å². The fraction of sp³-hybridized carbons (Fsp3) is 0.444. The van der Waals surface area contributed by atoms with Crippen LogP contribution in [0.4, 0.5) is 4.79 Å². The average molecular weight is 363 g/mol. The summed E-state index contributed by atoms with van der Waals surface area (Å²) in [5.74, 6) is 0.0513. The van der Waals surface area contributed by atoms with E-state index >= 15 is 0 Å². The number of thiophene rings is 2. The van der Waals surface area contributed by atoms with Crippen molar-refractivity contribution in [3.8, 4) is 0 Å². The molecule has 2 aromatic heterocycles. The van der Waals surface area contributed by atoms with Crippen molar-refractivity contribution in [2.75, 3.05) is 0 Å². The van der Waals surface area contributed by atoms with Gasteiger partial charge in [0.15, 0.2) is 0 Å². The minimum atomic E-state index is -0.110. The Bertz CT molecular complexity index is 671. The fourth-order valence-corrected chi connectivity index (χ4v) is 4.50. The van der Waals surface area contributed by atoms with Crippen molar-refractivity contribution in [3.63, 3.8) is 0 Å². The first-order valence-electron chi connectivity index (χ1n) is 8.42. The number of carbonyl (C=O) groups is 2. The van der Waals surface area contributed by atoms with Gasteiger partial charge in [-0.2, -0.15) is 11.3 Å². The predicted octanol–water partition coefficient (Wildman–Crippen LogP) is 4.56. The Morgan fingerprint density at radius 1 is 1.08 bits per heavy atom. The summed E-state index contributed by atoms with van der Waals surface area (Å²) >= 11 is 2.96. The van der Waals surface area contributed by atoms with Crippen molar-refractivity contribution < 1.29 is 9.59 Å². The Kier molecular flexibility index (Phi) is 6.04. The molecule has 0 saturated heterocycles. The quantitative estimate of drug-likeness (QED) is 0.605. The molecule has 2 amide bonds. The summed E-state index contributed by atoms with van der Waals surface area (Å²) in [6.45, 7) is 0.458. The smallest absolute Gasteiger partial charge is 0.315 e. The second-order valence-corrected chi connectivity index (χ2v) is 8.07. The van der Waals surface area contributed by atoms with Gasteiger partial charge in [0.05, 0.1) is 11.4 Å². The van der Waals surface area contributed by atoms with Crippen LogP contribution in [0, 0.1) is 0 Å². The zero-order chi connectivity index (χ0) is 16.8. The third-order valence-electron chi connectivity index (χ3n) is 4.28. The van der Waals surface area contributed by atoms with Crippen LogP contribution < -0.4 is 10.6 Å². The largest absolute Gasteiger partial charge is 0.335 e. The van der Waals surface area contributed by atoms with Crippen LogP contribution in [0.25, 0.3) is 0 Å². The number of nitrogens with one attached hydrogen (secondary N) is 2. The van der Waals surface area contributed by atoms with Crippen molar-refractivity contribution in [1.29, 1.82) is 0 Å². The van der Waals surface area contributed by atoms with Gasteiger partial charge in [-0.3, -0.25) is 4.79 Å². The Morgan fingerprint density at radius 2 is 1.88 bits per heavy atom. The molecular weight excluding hydrogens is 340 g/mol. The van der Waals surface area contributed by atoms with Crippen molar-refractivity contribution >= 4 is 34.5 Å². The Hall–Kier alpha value is -1.66. The maximum Gasteiger partial charge on any atom is 0.315 e. The van der Waals surface area contributed by atoms with E-state index in [2.05, 4.69) is 10.6 Å². The minimum absolute atomic E-state index is 0.0513.